The van der Waals surface area contributed by atoms with E-state index in [0.29, 0.717) is 11.7 Å². The molecule has 1 aromatic heterocycles. The van der Waals surface area contributed by atoms with E-state index in [-0.39, 0.29) is 31.7 Å². The van der Waals surface area contributed by atoms with Crippen LogP contribution in [0.25, 0.3) is 0 Å². The Kier molecular flexibility index (Phi) is 4.89. The zero-order chi connectivity index (χ0) is 15.4. The summed E-state index contributed by atoms with van der Waals surface area (Å²) in [5.41, 5.74) is 0. The van der Waals surface area contributed by atoms with E-state index in [1.165, 1.54) is 0 Å². The molecule has 0 aromatic carbocycles. The van der Waals surface area contributed by atoms with Crippen LogP contribution in [0.15, 0.2) is 4.52 Å². The van der Waals surface area contributed by atoms with E-state index in [2.05, 4.69) is 10.1 Å². The van der Waals surface area contributed by atoms with Crippen molar-refractivity contribution in [3.05, 3.63) is 11.7 Å². The molecule has 1 fully saturated rings. The lowest BCUT2D eigenvalue weighted by atomic mass is 10.1. The van der Waals surface area contributed by atoms with E-state index in [9.17, 15) is 9.59 Å². The lowest BCUT2D eigenvalue weighted by molar-refractivity contribution is -0.144. The fraction of sp³-hybridized carbons (Fsp3) is 0.692. The molecule has 1 atom stereocenters. The second kappa shape index (κ2) is 6.66. The Hall–Kier alpha value is -1.96. The molecule has 1 unspecified atom stereocenters. The number of carboxylic acid groups (broad SMARTS) is 1. The highest BCUT2D eigenvalue weighted by Crippen LogP contribution is 2.27. The van der Waals surface area contributed by atoms with Gasteiger partial charge in [-0.1, -0.05) is 12.1 Å². The summed E-state index contributed by atoms with van der Waals surface area (Å²) in [5, 5.41) is 12.6. The summed E-state index contributed by atoms with van der Waals surface area (Å²) in [4.78, 5) is 28.6. The van der Waals surface area contributed by atoms with Crippen molar-refractivity contribution in [2.45, 2.75) is 39.3 Å². The number of nitrogens with zero attached hydrogens (tertiary/aromatic N) is 3. The first kappa shape index (κ1) is 15.4. The molecule has 1 heterocycles. The Morgan fingerprint density at radius 2 is 2.24 bits per heavy atom. The number of rotatable bonds is 8. The molecule has 1 saturated carbocycles. The molecule has 1 amide bonds. The van der Waals surface area contributed by atoms with Crippen molar-refractivity contribution in [1.29, 1.82) is 0 Å². The van der Waals surface area contributed by atoms with Gasteiger partial charge in [0.2, 0.25) is 5.91 Å². The SMILES string of the molecule is Cc1noc(COCC(=O)N(CC(C)C(=O)O)C2CC2)n1. The summed E-state index contributed by atoms with van der Waals surface area (Å²) in [6.45, 7) is 3.44. The minimum Gasteiger partial charge on any atom is -0.481 e. The van der Waals surface area contributed by atoms with Crippen LogP contribution >= 0.6 is 0 Å². The number of amides is 1. The van der Waals surface area contributed by atoms with Gasteiger partial charge in [0.1, 0.15) is 13.2 Å². The summed E-state index contributed by atoms with van der Waals surface area (Å²) in [6, 6.07) is 0.147. The number of carboxylic acids is 1. The normalized spacial score (nSPS) is 15.7. The minimum absolute atomic E-state index is 0.0690. The van der Waals surface area contributed by atoms with E-state index >= 15 is 0 Å². The molecule has 8 nitrogen and oxygen atoms in total. The van der Waals surface area contributed by atoms with E-state index in [1.807, 2.05) is 0 Å². The Morgan fingerprint density at radius 1 is 1.52 bits per heavy atom. The van der Waals surface area contributed by atoms with Crippen LogP contribution in [0, 0.1) is 12.8 Å². The molecule has 0 saturated heterocycles. The molecular weight excluding hydrogens is 278 g/mol. The van der Waals surface area contributed by atoms with Crippen molar-refractivity contribution in [1.82, 2.24) is 15.0 Å². The maximum atomic E-state index is 12.1. The van der Waals surface area contributed by atoms with Crippen molar-refractivity contribution < 1.29 is 24.0 Å². The van der Waals surface area contributed by atoms with Crippen molar-refractivity contribution in [2.24, 2.45) is 5.92 Å². The quantitative estimate of drug-likeness (QED) is 0.749. The van der Waals surface area contributed by atoms with Gasteiger partial charge >= 0.3 is 5.97 Å². The van der Waals surface area contributed by atoms with Gasteiger partial charge in [-0.05, 0) is 19.8 Å². The number of aliphatic carboxylic acids is 1. The van der Waals surface area contributed by atoms with Gasteiger partial charge < -0.3 is 19.3 Å². The van der Waals surface area contributed by atoms with Gasteiger partial charge in [0.25, 0.3) is 5.89 Å². The maximum Gasteiger partial charge on any atom is 0.308 e. The number of ether oxygens (including phenoxy) is 1. The summed E-state index contributed by atoms with van der Waals surface area (Å²) < 4.78 is 10.1. The highest BCUT2D eigenvalue weighted by Gasteiger charge is 2.34. The molecule has 0 radical (unpaired) electrons. The average molecular weight is 297 g/mol. The molecule has 0 spiro atoms. The van der Waals surface area contributed by atoms with Crippen molar-refractivity contribution in [3.8, 4) is 0 Å². The zero-order valence-electron chi connectivity index (χ0n) is 12.1. The largest absolute Gasteiger partial charge is 0.481 e. The first-order valence-electron chi connectivity index (χ1n) is 6.86. The number of hydrogen-bond donors (Lipinski definition) is 1. The van der Waals surface area contributed by atoms with E-state index in [4.69, 9.17) is 14.4 Å². The Balaban J connectivity index is 1.80. The van der Waals surface area contributed by atoms with Crippen LogP contribution < -0.4 is 0 Å². The van der Waals surface area contributed by atoms with Crippen molar-refractivity contribution >= 4 is 11.9 Å². The van der Waals surface area contributed by atoms with Crippen LogP contribution in [0.3, 0.4) is 0 Å². The third-order valence-electron chi connectivity index (χ3n) is 3.22. The number of hydrogen-bond acceptors (Lipinski definition) is 6. The third-order valence-corrected chi connectivity index (χ3v) is 3.22. The number of aryl methyl sites for hydroxylation is 1. The number of aromatic nitrogens is 2. The van der Waals surface area contributed by atoms with Crippen LogP contribution in [-0.4, -0.2) is 51.2 Å². The minimum atomic E-state index is -0.907. The lowest BCUT2D eigenvalue weighted by Crippen LogP contribution is -2.40. The monoisotopic (exact) mass is 297 g/mol. The average Bonchev–Trinajstić information content (AvgIpc) is 3.18. The smallest absolute Gasteiger partial charge is 0.308 e. The van der Waals surface area contributed by atoms with Gasteiger partial charge in [0.15, 0.2) is 5.82 Å². The van der Waals surface area contributed by atoms with Crippen molar-refractivity contribution in [3.63, 3.8) is 0 Å². The third kappa shape index (κ3) is 4.52. The van der Waals surface area contributed by atoms with E-state index in [1.54, 1.807) is 18.7 Å². The highest BCUT2D eigenvalue weighted by atomic mass is 16.5. The topological polar surface area (TPSA) is 106 Å². The molecule has 1 aliphatic rings. The molecule has 0 aliphatic heterocycles. The molecule has 1 aliphatic carbocycles. The molecule has 2 rings (SSSR count). The molecule has 1 aromatic rings. The molecular formula is C13H19N3O5. The number of carbonyl (C=O) groups excluding carboxylic acids is 1. The maximum absolute atomic E-state index is 12.1. The molecule has 8 heteroatoms. The molecule has 116 valence electrons. The van der Waals surface area contributed by atoms with E-state index < -0.39 is 11.9 Å². The fourth-order valence-corrected chi connectivity index (χ4v) is 1.92. The van der Waals surface area contributed by atoms with Crippen LogP contribution in [0.1, 0.15) is 31.5 Å². The highest BCUT2D eigenvalue weighted by molar-refractivity contribution is 5.79. The Morgan fingerprint density at radius 3 is 2.76 bits per heavy atom. The molecule has 0 bridgehead atoms. The van der Waals surface area contributed by atoms with Crippen LogP contribution in [-0.2, 0) is 20.9 Å². The van der Waals surface area contributed by atoms with E-state index in [0.717, 1.165) is 12.8 Å². The second-order valence-corrected chi connectivity index (χ2v) is 5.24. The van der Waals surface area contributed by atoms with Crippen LogP contribution in [0.2, 0.25) is 0 Å². The summed E-state index contributed by atoms with van der Waals surface area (Å²) in [6.07, 6.45) is 1.84. The Labute approximate surface area is 122 Å². The lowest BCUT2D eigenvalue weighted by Gasteiger charge is -2.24. The van der Waals surface area contributed by atoms with Gasteiger partial charge in [-0.3, -0.25) is 9.59 Å². The predicted octanol–water partition coefficient (Wildman–Crippen LogP) is 0.606. The predicted molar refractivity (Wildman–Crippen MR) is 70.2 cm³/mol. The van der Waals surface area contributed by atoms with Gasteiger partial charge in [0, 0.05) is 12.6 Å². The van der Waals surface area contributed by atoms with Crippen LogP contribution in [0.4, 0.5) is 0 Å². The van der Waals surface area contributed by atoms with Gasteiger partial charge in [0.05, 0.1) is 5.92 Å². The van der Waals surface area contributed by atoms with Gasteiger partial charge in [-0.25, -0.2) is 0 Å². The number of carbonyl (C=O) groups is 2. The molecule has 21 heavy (non-hydrogen) atoms. The molecule has 1 N–H and O–H groups in total. The second-order valence-electron chi connectivity index (χ2n) is 5.24. The Bertz CT molecular complexity index is 512. The van der Waals surface area contributed by atoms with Crippen molar-refractivity contribution in [2.75, 3.05) is 13.2 Å². The fourth-order valence-electron chi connectivity index (χ4n) is 1.92. The standard InChI is InChI=1S/C13H19N3O5/c1-8(13(18)19)5-16(10-3-4-10)12(17)7-20-6-11-14-9(2)15-21-11/h8,10H,3-7H2,1-2H3,(H,18,19). The van der Waals surface area contributed by atoms with Crippen LogP contribution in [0.5, 0.6) is 0 Å². The first-order valence-corrected chi connectivity index (χ1v) is 6.86. The summed E-state index contributed by atoms with van der Waals surface area (Å²) >= 11 is 0. The first-order chi connectivity index (χ1) is 9.97. The zero-order valence-corrected chi connectivity index (χ0v) is 12.1. The van der Waals surface area contributed by atoms with Gasteiger partial charge in [-0.2, -0.15) is 4.98 Å². The van der Waals surface area contributed by atoms with Gasteiger partial charge in [-0.15, -0.1) is 0 Å². The summed E-state index contributed by atoms with van der Waals surface area (Å²) in [7, 11) is 0. The summed E-state index contributed by atoms with van der Waals surface area (Å²) in [5.74, 6) is -0.877.